The van der Waals surface area contributed by atoms with E-state index in [1.54, 1.807) is 0 Å². The third-order valence-corrected chi connectivity index (χ3v) is 26.7. The van der Waals surface area contributed by atoms with Crippen LogP contribution in [0.2, 0.25) is 0 Å². The van der Waals surface area contributed by atoms with Crippen LogP contribution in [0.1, 0.15) is 208 Å². The lowest BCUT2D eigenvalue weighted by atomic mass is 9.46. The average molecular weight is 1040 g/mol. The van der Waals surface area contributed by atoms with Gasteiger partial charge in [0.05, 0.1) is 30.5 Å². The molecule has 418 valence electrons. The van der Waals surface area contributed by atoms with E-state index in [0.717, 1.165) is 49.9 Å². The first-order chi connectivity index (χ1) is 35.7. The van der Waals surface area contributed by atoms with Crippen molar-refractivity contribution in [2.45, 2.75) is 275 Å². The van der Waals surface area contributed by atoms with Crippen molar-refractivity contribution in [3.63, 3.8) is 0 Å². The van der Waals surface area contributed by atoms with Gasteiger partial charge >= 0.3 is 0 Å². The van der Waals surface area contributed by atoms with Crippen LogP contribution in [-0.2, 0) is 19.1 Å². The number of amides is 3. The predicted octanol–water partition coefficient (Wildman–Crippen LogP) is 8.35. The van der Waals surface area contributed by atoms with Gasteiger partial charge in [0.25, 0.3) is 0 Å². The Labute approximate surface area is 449 Å². The maximum Gasteiger partial charge on any atom is 0.224 e. The fourth-order valence-corrected chi connectivity index (χ4v) is 21.7. The number of carbonyl (C=O) groups is 3. The number of fused-ring (bicyclic) bond motifs is 15. The van der Waals surface area contributed by atoms with Gasteiger partial charge in [0.2, 0.25) is 17.7 Å². The summed E-state index contributed by atoms with van der Waals surface area (Å²) in [6, 6.07) is 3.14. The Kier molecular flexibility index (Phi) is 13.1. The number of carbonyl (C=O) groups excluding carboxylic acids is 3. The second-order valence-electron chi connectivity index (χ2n) is 30.4. The minimum Gasteiger partial charge on any atom is -0.393 e. The SMILES string of the molecule is C[C@]12CCC(=O)N[C@@H]1C[C@H](O)[C@@H]1[C@@H]2CC[C@]2(C)[C@@H](NC3CC3)CC[C@@H]12.C[C@]12CCC(=O)N[C@@H]1C[C@H](O)[C@@H]1[C@@H]2CC[C@]2(C)[C@@H](OC3CC3)CC[C@@H]12.C[C@]12CC[C@H]3[C@@H]([C@@H](O)C=C4NC(=O)CC[C@@]43C)[C@@H]1CC[C@@H]2NC1CC1. The molecular formula is C63H99N5O7. The summed E-state index contributed by atoms with van der Waals surface area (Å²) in [7, 11) is 0. The summed E-state index contributed by atoms with van der Waals surface area (Å²) in [6.07, 6.45) is 31.0. The Balaban J connectivity index is 0.000000108. The highest BCUT2D eigenvalue weighted by molar-refractivity contribution is 5.80. The molecule has 0 unspecified atom stereocenters. The molecule has 23 atom stereocenters. The van der Waals surface area contributed by atoms with Crippen LogP contribution in [-0.4, -0.2) is 99.8 Å². The Bertz CT molecular complexity index is 2170. The molecule has 3 amide bonds. The summed E-state index contributed by atoms with van der Waals surface area (Å²) >= 11 is 0. The summed E-state index contributed by atoms with van der Waals surface area (Å²) < 4.78 is 6.42. The molecule has 15 rings (SSSR count). The van der Waals surface area contributed by atoms with Gasteiger partial charge in [-0.3, -0.25) is 14.4 Å². The van der Waals surface area contributed by atoms with E-state index in [4.69, 9.17) is 4.74 Å². The molecule has 15 aliphatic rings. The van der Waals surface area contributed by atoms with Gasteiger partial charge in [0.15, 0.2) is 0 Å². The van der Waals surface area contributed by atoms with Gasteiger partial charge in [-0.25, -0.2) is 0 Å². The third kappa shape index (κ3) is 8.62. The monoisotopic (exact) mass is 1040 g/mol. The van der Waals surface area contributed by atoms with E-state index in [1.807, 2.05) is 6.08 Å². The lowest BCUT2D eigenvalue weighted by Crippen LogP contribution is -2.65. The Hall–Kier alpha value is -2.09. The fourth-order valence-electron chi connectivity index (χ4n) is 21.7. The predicted molar refractivity (Wildman–Crippen MR) is 288 cm³/mol. The number of ether oxygens (including phenoxy) is 1. The minimum atomic E-state index is -0.407. The molecule has 0 aromatic carbocycles. The molecule has 12 nitrogen and oxygen atoms in total. The molecule has 3 saturated heterocycles. The van der Waals surface area contributed by atoms with E-state index in [0.29, 0.717) is 108 Å². The molecule has 12 heteroatoms. The summed E-state index contributed by atoms with van der Waals surface area (Å²) in [4.78, 5) is 35.7. The van der Waals surface area contributed by atoms with Gasteiger partial charge in [0, 0.05) is 66.6 Å². The second kappa shape index (κ2) is 18.7. The molecular weight excluding hydrogens is 939 g/mol. The molecule has 3 aliphatic heterocycles. The molecule has 8 N–H and O–H groups in total. The summed E-state index contributed by atoms with van der Waals surface area (Å²) in [5, 5.41) is 50.6. The highest BCUT2D eigenvalue weighted by Gasteiger charge is 2.66. The normalized spacial score (nSPS) is 54.0. The molecule has 75 heavy (non-hydrogen) atoms. The standard InChI is InChI=1S/C21H34N2O2.C21H32N2O2.C21H33NO3/c2*1-20-9-7-14-19(13(20)5-6-16(20)22-12-3-4-12)15(24)11-17-21(14,2)10-8-18(25)23-17;1-20-10-8-18(24)22-16(20)11-15(23)19-13-5-6-17(25-12-3-4-12)21(13,2)9-7-14(19)20/h12-17,19,22,24H,3-11H2,1-2H3,(H,23,25);11-16,19,22,24H,3-10H2,1-2H3,(H,23,25);12-17,19,23H,3-11H2,1-2H3,(H,22,24)/t13-,14-,15-,16-,17+,19-,20-,21+;13-,14-,15-,16-,19-,20-,21+;13-,14-,15-,16+,17-,19-,20+,21-/m000/s1. The largest absolute Gasteiger partial charge is 0.393 e. The van der Waals surface area contributed by atoms with Crippen molar-refractivity contribution in [2.75, 3.05) is 0 Å². The van der Waals surface area contributed by atoms with Crippen LogP contribution in [0.25, 0.3) is 0 Å². The van der Waals surface area contributed by atoms with Gasteiger partial charge in [0.1, 0.15) is 0 Å². The van der Waals surface area contributed by atoms with E-state index in [9.17, 15) is 29.7 Å². The Morgan fingerprint density at radius 3 is 1.45 bits per heavy atom. The van der Waals surface area contributed by atoms with E-state index < -0.39 is 6.10 Å². The third-order valence-electron chi connectivity index (χ3n) is 26.7. The lowest BCUT2D eigenvalue weighted by Gasteiger charge is -2.61. The molecule has 12 aliphatic carbocycles. The van der Waals surface area contributed by atoms with Crippen LogP contribution < -0.4 is 26.6 Å². The van der Waals surface area contributed by atoms with E-state index in [2.05, 4.69) is 68.1 Å². The number of allylic oxidation sites excluding steroid dienone is 1. The summed E-state index contributed by atoms with van der Waals surface area (Å²) in [5.74, 6) is 5.09. The number of rotatable bonds is 6. The molecule has 3 heterocycles. The first-order valence-electron chi connectivity index (χ1n) is 31.6. The van der Waals surface area contributed by atoms with Crippen LogP contribution in [0, 0.1) is 85.8 Å². The number of piperidine rings is 3. The number of hydrogen-bond acceptors (Lipinski definition) is 9. The summed E-state index contributed by atoms with van der Waals surface area (Å²) in [5.41, 5.74) is 2.31. The minimum absolute atomic E-state index is 0.0428. The lowest BCUT2D eigenvalue weighted by molar-refractivity contribution is -0.166. The van der Waals surface area contributed by atoms with Crippen molar-refractivity contribution in [3.8, 4) is 0 Å². The number of aliphatic hydroxyl groups excluding tert-OH is 3. The van der Waals surface area contributed by atoms with Crippen molar-refractivity contribution in [1.82, 2.24) is 26.6 Å². The van der Waals surface area contributed by atoms with Crippen molar-refractivity contribution >= 4 is 17.7 Å². The number of hydrogen-bond donors (Lipinski definition) is 8. The van der Waals surface area contributed by atoms with Crippen LogP contribution >= 0.6 is 0 Å². The van der Waals surface area contributed by atoms with Gasteiger partial charge in [-0.05, 0) is 234 Å². The zero-order valence-electron chi connectivity index (χ0n) is 47.0. The van der Waals surface area contributed by atoms with Crippen LogP contribution in [0.5, 0.6) is 0 Å². The topological polar surface area (TPSA) is 181 Å². The van der Waals surface area contributed by atoms with Gasteiger partial charge < -0.3 is 46.6 Å². The van der Waals surface area contributed by atoms with Gasteiger partial charge in [-0.1, -0.05) is 41.5 Å². The zero-order chi connectivity index (χ0) is 52.2. The van der Waals surface area contributed by atoms with E-state index in [1.165, 1.54) is 116 Å². The fraction of sp³-hybridized carbons (Fsp3) is 0.921. The van der Waals surface area contributed by atoms with E-state index in [-0.39, 0.29) is 63.7 Å². The number of aliphatic hydroxyl groups is 3. The number of nitrogens with one attached hydrogen (secondary N) is 5. The maximum absolute atomic E-state index is 11.9. The van der Waals surface area contributed by atoms with Crippen molar-refractivity contribution in [2.24, 2.45) is 85.8 Å². The molecule has 0 spiro atoms. The highest BCUT2D eigenvalue weighted by atomic mass is 16.5. The molecule has 0 aromatic rings. The summed E-state index contributed by atoms with van der Waals surface area (Å²) in [6.45, 7) is 14.5. The first-order valence-corrected chi connectivity index (χ1v) is 31.6. The van der Waals surface area contributed by atoms with E-state index >= 15 is 0 Å². The average Bonchev–Trinajstić information content (AvgIpc) is 4.32. The Morgan fingerprint density at radius 1 is 0.480 bits per heavy atom. The van der Waals surface area contributed by atoms with Crippen LogP contribution in [0.15, 0.2) is 11.8 Å². The molecule has 0 radical (unpaired) electrons. The highest BCUT2D eigenvalue weighted by Crippen LogP contribution is 2.68. The molecule has 14 fully saturated rings. The quantitative estimate of drug-likeness (QED) is 0.130. The first kappa shape index (κ1) is 52.3. The Morgan fingerprint density at radius 2 is 0.933 bits per heavy atom. The smallest absolute Gasteiger partial charge is 0.224 e. The van der Waals surface area contributed by atoms with Gasteiger partial charge in [-0.2, -0.15) is 0 Å². The van der Waals surface area contributed by atoms with Crippen LogP contribution in [0.4, 0.5) is 0 Å². The van der Waals surface area contributed by atoms with Crippen molar-refractivity contribution < 1.29 is 34.4 Å². The molecule has 0 bridgehead atoms. The molecule has 11 saturated carbocycles. The van der Waals surface area contributed by atoms with Gasteiger partial charge in [-0.15, -0.1) is 0 Å². The maximum atomic E-state index is 11.9. The second-order valence-corrected chi connectivity index (χ2v) is 30.4. The van der Waals surface area contributed by atoms with Crippen molar-refractivity contribution in [3.05, 3.63) is 11.8 Å². The molecule has 0 aromatic heterocycles. The van der Waals surface area contributed by atoms with Crippen molar-refractivity contribution in [1.29, 1.82) is 0 Å². The zero-order valence-corrected chi connectivity index (χ0v) is 47.0. The van der Waals surface area contributed by atoms with Crippen LogP contribution in [0.3, 0.4) is 0 Å².